The molecule has 0 aliphatic carbocycles. The third kappa shape index (κ3) is 2.41. The molecule has 1 aliphatic heterocycles. The van der Waals surface area contributed by atoms with Gasteiger partial charge in [-0.2, -0.15) is 0 Å². The summed E-state index contributed by atoms with van der Waals surface area (Å²) in [6.07, 6.45) is 0.558. The molecule has 17 heavy (non-hydrogen) atoms. The Morgan fingerprint density at radius 3 is 2.71 bits per heavy atom. The van der Waals surface area contributed by atoms with Crippen molar-refractivity contribution in [2.24, 2.45) is 0 Å². The van der Waals surface area contributed by atoms with Gasteiger partial charge in [-0.15, -0.1) is 0 Å². The van der Waals surface area contributed by atoms with Crippen molar-refractivity contribution in [1.82, 2.24) is 0 Å². The summed E-state index contributed by atoms with van der Waals surface area (Å²) in [7, 11) is 0. The molecule has 0 radical (unpaired) electrons. The zero-order chi connectivity index (χ0) is 12.6. The van der Waals surface area contributed by atoms with Gasteiger partial charge in [0.15, 0.2) is 0 Å². The van der Waals surface area contributed by atoms with E-state index >= 15 is 0 Å². The van der Waals surface area contributed by atoms with Crippen molar-refractivity contribution >= 4 is 34.8 Å². The fraction of sp³-hybridized carbons (Fsp3) is 0.417. The molecule has 0 aromatic heterocycles. The van der Waals surface area contributed by atoms with Crippen LogP contribution in [-0.2, 0) is 4.79 Å². The van der Waals surface area contributed by atoms with Gasteiger partial charge in [-0.05, 0) is 31.5 Å². The van der Waals surface area contributed by atoms with E-state index in [0.717, 1.165) is 0 Å². The number of anilines is 1. The summed E-state index contributed by atoms with van der Waals surface area (Å²) in [4.78, 5) is 13.4. The molecular formula is C12H13Cl2NO2. The van der Waals surface area contributed by atoms with Crippen LogP contribution in [0.2, 0.25) is 10.0 Å². The van der Waals surface area contributed by atoms with E-state index < -0.39 is 6.10 Å². The molecule has 1 N–H and O–H groups in total. The topological polar surface area (TPSA) is 40.5 Å². The average Bonchev–Trinajstić information content (AvgIpc) is 2.64. The van der Waals surface area contributed by atoms with Crippen molar-refractivity contribution in [2.75, 3.05) is 4.90 Å². The summed E-state index contributed by atoms with van der Waals surface area (Å²) in [5.41, 5.74) is 0.688. The van der Waals surface area contributed by atoms with Gasteiger partial charge >= 0.3 is 0 Å². The number of aliphatic hydroxyl groups excluding tert-OH is 1. The van der Waals surface area contributed by atoms with E-state index in [1.807, 2.05) is 0 Å². The molecule has 1 saturated heterocycles. The van der Waals surface area contributed by atoms with Gasteiger partial charge in [0.25, 0.3) is 0 Å². The van der Waals surface area contributed by atoms with Crippen molar-refractivity contribution in [3.8, 4) is 0 Å². The van der Waals surface area contributed by atoms with Crippen molar-refractivity contribution in [3.63, 3.8) is 0 Å². The number of carbonyl (C=O) groups is 1. The Balaban J connectivity index is 2.36. The number of hydrogen-bond acceptors (Lipinski definition) is 2. The molecule has 3 nitrogen and oxygen atoms in total. The second-order valence-electron chi connectivity index (χ2n) is 4.21. The molecular weight excluding hydrogens is 261 g/mol. The molecule has 1 amide bonds. The van der Waals surface area contributed by atoms with Crippen LogP contribution in [0.3, 0.4) is 0 Å². The number of aliphatic hydroxyl groups is 1. The molecule has 0 bridgehead atoms. The minimum atomic E-state index is -0.559. The quantitative estimate of drug-likeness (QED) is 0.900. The van der Waals surface area contributed by atoms with Crippen molar-refractivity contribution in [2.45, 2.75) is 31.9 Å². The van der Waals surface area contributed by atoms with Gasteiger partial charge in [0.1, 0.15) is 0 Å². The summed E-state index contributed by atoms with van der Waals surface area (Å²) in [6.45, 7) is 1.69. The van der Waals surface area contributed by atoms with Gasteiger partial charge in [-0.1, -0.05) is 23.2 Å². The van der Waals surface area contributed by atoms with Crippen LogP contribution in [0.15, 0.2) is 18.2 Å². The predicted octanol–water partition coefficient (Wildman–Crippen LogP) is 2.87. The molecule has 5 heteroatoms. The number of hydrogen-bond donors (Lipinski definition) is 1. The van der Waals surface area contributed by atoms with Crippen LogP contribution in [0.25, 0.3) is 0 Å². The van der Waals surface area contributed by atoms with Gasteiger partial charge in [0.05, 0.1) is 22.2 Å². The first-order valence-corrected chi connectivity index (χ1v) is 6.21. The fourth-order valence-corrected chi connectivity index (χ4v) is 2.43. The van der Waals surface area contributed by atoms with Gasteiger partial charge in [-0.3, -0.25) is 4.79 Å². The average molecular weight is 274 g/mol. The fourth-order valence-electron chi connectivity index (χ4n) is 2.13. The Kier molecular flexibility index (Phi) is 3.61. The van der Waals surface area contributed by atoms with Gasteiger partial charge in [-0.25, -0.2) is 0 Å². The maximum absolute atomic E-state index is 11.8. The number of carbonyl (C=O) groups excluding carboxylic acids is 1. The van der Waals surface area contributed by atoms with E-state index in [4.69, 9.17) is 23.2 Å². The minimum Gasteiger partial charge on any atom is -0.391 e. The van der Waals surface area contributed by atoms with Crippen molar-refractivity contribution < 1.29 is 9.90 Å². The lowest BCUT2D eigenvalue weighted by atomic mass is 10.1. The van der Waals surface area contributed by atoms with Crippen LogP contribution >= 0.6 is 23.2 Å². The van der Waals surface area contributed by atoms with Gasteiger partial charge in [0.2, 0.25) is 5.91 Å². The third-order valence-corrected chi connectivity index (χ3v) is 3.73. The predicted molar refractivity (Wildman–Crippen MR) is 68.7 cm³/mol. The Hall–Kier alpha value is -0.770. The molecule has 0 saturated carbocycles. The van der Waals surface area contributed by atoms with E-state index in [-0.39, 0.29) is 11.9 Å². The Bertz CT molecular complexity index is 448. The highest BCUT2D eigenvalue weighted by atomic mass is 35.5. The summed E-state index contributed by atoms with van der Waals surface area (Å²) < 4.78 is 0. The van der Waals surface area contributed by atoms with E-state index in [0.29, 0.717) is 28.6 Å². The molecule has 0 unspecified atom stereocenters. The lowest BCUT2D eigenvalue weighted by Gasteiger charge is -2.27. The number of rotatable bonds is 2. The van der Waals surface area contributed by atoms with Crippen molar-refractivity contribution in [1.29, 1.82) is 0 Å². The maximum Gasteiger partial charge on any atom is 0.227 e. The van der Waals surface area contributed by atoms with E-state index in [2.05, 4.69) is 0 Å². The summed E-state index contributed by atoms with van der Waals surface area (Å²) in [5.74, 6) is 0.00860. The zero-order valence-electron chi connectivity index (χ0n) is 9.36. The summed E-state index contributed by atoms with van der Waals surface area (Å²) in [6, 6.07) is 4.87. The van der Waals surface area contributed by atoms with Crippen LogP contribution in [0, 0.1) is 0 Å². The van der Waals surface area contributed by atoms with E-state index in [1.165, 1.54) is 0 Å². The number of amides is 1. The normalized spacial score (nSPS) is 22.0. The number of halogens is 2. The first-order valence-electron chi connectivity index (χ1n) is 5.46. The smallest absolute Gasteiger partial charge is 0.227 e. The maximum atomic E-state index is 11.8. The largest absolute Gasteiger partial charge is 0.391 e. The zero-order valence-corrected chi connectivity index (χ0v) is 10.9. The van der Waals surface area contributed by atoms with Gasteiger partial charge < -0.3 is 10.0 Å². The highest BCUT2D eigenvalue weighted by molar-refractivity contribution is 6.42. The van der Waals surface area contributed by atoms with E-state index in [1.54, 1.807) is 30.0 Å². The molecule has 0 spiro atoms. The SMILES string of the molecule is C[C@H](O)[C@H]1CCC(=O)N1c1ccc(Cl)c(Cl)c1. The molecule has 92 valence electrons. The standard InChI is InChI=1S/C12H13Cl2NO2/c1-7(16)11-4-5-12(17)15(11)8-2-3-9(13)10(14)6-8/h2-3,6-7,11,16H,4-5H2,1H3/t7-,11+/m0/s1. The first kappa shape index (κ1) is 12.7. The van der Waals surface area contributed by atoms with E-state index in [9.17, 15) is 9.90 Å². The summed E-state index contributed by atoms with van der Waals surface area (Å²) in [5, 5.41) is 10.5. The Morgan fingerprint density at radius 2 is 2.12 bits per heavy atom. The molecule has 2 rings (SSSR count). The highest BCUT2D eigenvalue weighted by Gasteiger charge is 2.35. The first-order chi connectivity index (χ1) is 8.00. The Morgan fingerprint density at radius 1 is 1.41 bits per heavy atom. The lowest BCUT2D eigenvalue weighted by Crippen LogP contribution is -2.39. The van der Waals surface area contributed by atoms with Crippen LogP contribution in [0.5, 0.6) is 0 Å². The summed E-state index contributed by atoms with van der Waals surface area (Å²) >= 11 is 11.8. The lowest BCUT2D eigenvalue weighted by molar-refractivity contribution is -0.117. The number of nitrogens with zero attached hydrogens (tertiary/aromatic N) is 1. The second kappa shape index (κ2) is 4.84. The minimum absolute atomic E-state index is 0.00860. The molecule has 2 atom stereocenters. The molecule has 1 aromatic rings. The number of benzene rings is 1. The van der Waals surface area contributed by atoms with Crippen molar-refractivity contribution in [3.05, 3.63) is 28.2 Å². The second-order valence-corrected chi connectivity index (χ2v) is 5.02. The van der Waals surface area contributed by atoms with Crippen LogP contribution in [0.1, 0.15) is 19.8 Å². The Labute approximate surface area is 110 Å². The molecule has 1 heterocycles. The van der Waals surface area contributed by atoms with Crippen LogP contribution in [0.4, 0.5) is 5.69 Å². The molecule has 1 fully saturated rings. The third-order valence-electron chi connectivity index (χ3n) is 2.99. The van der Waals surface area contributed by atoms with Gasteiger partial charge in [0, 0.05) is 12.1 Å². The molecule has 1 aromatic carbocycles. The van der Waals surface area contributed by atoms with Crippen LogP contribution in [-0.4, -0.2) is 23.2 Å². The monoisotopic (exact) mass is 273 g/mol. The highest BCUT2D eigenvalue weighted by Crippen LogP contribution is 2.32. The molecule has 1 aliphatic rings. The van der Waals surface area contributed by atoms with Crippen LogP contribution < -0.4 is 4.90 Å².